The average molecular weight is 298 g/mol. The molecule has 1 aromatic rings. The minimum absolute atomic E-state index is 0.0279. The van der Waals surface area contributed by atoms with E-state index in [0.29, 0.717) is 6.42 Å². The van der Waals surface area contributed by atoms with Gasteiger partial charge in [0, 0.05) is 11.5 Å². The standard InChI is InChI=1S/C13H16BrNO2/c1-4-8-6-9(14)7-10-12(8)17-11(5-2)13(16)15(10)3/h6-7,11H,4-5H2,1-3H3. The fraction of sp³-hybridized carbons (Fsp3) is 0.462. The van der Waals surface area contributed by atoms with Crippen LogP contribution >= 0.6 is 15.9 Å². The maximum Gasteiger partial charge on any atom is 0.267 e. The van der Waals surface area contributed by atoms with Crippen LogP contribution in [0.3, 0.4) is 0 Å². The zero-order chi connectivity index (χ0) is 12.6. The molecule has 0 radical (unpaired) electrons. The Bertz CT molecular complexity index is 459. The first-order valence-corrected chi connectivity index (χ1v) is 6.64. The lowest BCUT2D eigenvalue weighted by Crippen LogP contribution is -2.43. The Kier molecular flexibility index (Phi) is 3.43. The van der Waals surface area contributed by atoms with E-state index in [-0.39, 0.29) is 12.0 Å². The van der Waals surface area contributed by atoms with Crippen LogP contribution in [0, 0.1) is 0 Å². The molecule has 0 fully saturated rings. The summed E-state index contributed by atoms with van der Waals surface area (Å²) in [5, 5.41) is 0. The average Bonchev–Trinajstić information content (AvgIpc) is 2.33. The Morgan fingerprint density at radius 1 is 1.41 bits per heavy atom. The summed E-state index contributed by atoms with van der Waals surface area (Å²) in [6.45, 7) is 4.05. The third-order valence-corrected chi connectivity index (χ3v) is 3.55. The summed E-state index contributed by atoms with van der Waals surface area (Å²) in [5.41, 5.74) is 1.98. The first-order chi connectivity index (χ1) is 8.08. The minimum Gasteiger partial charge on any atom is -0.478 e. The molecule has 0 saturated heterocycles. The Morgan fingerprint density at radius 3 is 2.71 bits per heavy atom. The number of carbonyl (C=O) groups is 1. The van der Waals surface area contributed by atoms with Crippen LogP contribution in [-0.2, 0) is 11.2 Å². The first-order valence-electron chi connectivity index (χ1n) is 5.85. The smallest absolute Gasteiger partial charge is 0.267 e. The van der Waals surface area contributed by atoms with Gasteiger partial charge in [0.15, 0.2) is 6.10 Å². The van der Waals surface area contributed by atoms with Crippen molar-refractivity contribution >= 4 is 27.5 Å². The summed E-state index contributed by atoms with van der Waals surface area (Å²) in [4.78, 5) is 13.7. The second-order valence-electron chi connectivity index (χ2n) is 4.18. The number of rotatable bonds is 2. The quantitative estimate of drug-likeness (QED) is 0.839. The maximum absolute atomic E-state index is 12.0. The molecule has 1 heterocycles. The van der Waals surface area contributed by atoms with Crippen LogP contribution in [0.2, 0.25) is 0 Å². The number of aryl methyl sites for hydroxylation is 1. The van der Waals surface area contributed by atoms with Crippen molar-refractivity contribution in [1.29, 1.82) is 0 Å². The van der Waals surface area contributed by atoms with E-state index in [4.69, 9.17) is 4.74 Å². The highest BCUT2D eigenvalue weighted by Gasteiger charge is 2.32. The van der Waals surface area contributed by atoms with Gasteiger partial charge in [-0.1, -0.05) is 29.8 Å². The maximum atomic E-state index is 12.0. The number of fused-ring (bicyclic) bond motifs is 1. The van der Waals surface area contributed by atoms with E-state index in [1.165, 1.54) is 0 Å². The Labute approximate surface area is 110 Å². The zero-order valence-corrected chi connectivity index (χ0v) is 11.9. The summed E-state index contributed by atoms with van der Waals surface area (Å²) < 4.78 is 6.81. The third kappa shape index (κ3) is 2.06. The van der Waals surface area contributed by atoms with Crippen LogP contribution in [-0.4, -0.2) is 19.1 Å². The molecule has 0 aromatic heterocycles. The van der Waals surface area contributed by atoms with E-state index in [9.17, 15) is 4.79 Å². The Hall–Kier alpha value is -1.03. The van der Waals surface area contributed by atoms with Crippen molar-refractivity contribution in [3.63, 3.8) is 0 Å². The monoisotopic (exact) mass is 297 g/mol. The number of amides is 1. The molecular formula is C13H16BrNO2. The predicted molar refractivity (Wildman–Crippen MR) is 71.6 cm³/mol. The van der Waals surface area contributed by atoms with Gasteiger partial charge in [-0.15, -0.1) is 0 Å². The van der Waals surface area contributed by atoms with Gasteiger partial charge in [-0.05, 0) is 30.5 Å². The number of carbonyl (C=O) groups excluding carboxylic acids is 1. The molecule has 1 aliphatic rings. The minimum atomic E-state index is -0.348. The van der Waals surface area contributed by atoms with Crippen LogP contribution in [0.5, 0.6) is 5.75 Å². The second-order valence-corrected chi connectivity index (χ2v) is 5.09. The zero-order valence-electron chi connectivity index (χ0n) is 10.3. The van der Waals surface area contributed by atoms with E-state index in [2.05, 4.69) is 28.9 Å². The summed E-state index contributed by atoms with van der Waals surface area (Å²) in [5.74, 6) is 0.879. The molecule has 1 atom stereocenters. The lowest BCUT2D eigenvalue weighted by atomic mass is 10.1. The molecule has 1 aliphatic heterocycles. The van der Waals surface area contributed by atoms with E-state index in [1.54, 1.807) is 11.9 Å². The van der Waals surface area contributed by atoms with Crippen molar-refractivity contribution in [3.05, 3.63) is 22.2 Å². The number of anilines is 1. The van der Waals surface area contributed by atoms with Crippen molar-refractivity contribution in [1.82, 2.24) is 0 Å². The fourth-order valence-electron chi connectivity index (χ4n) is 2.07. The van der Waals surface area contributed by atoms with Crippen molar-refractivity contribution in [2.24, 2.45) is 0 Å². The van der Waals surface area contributed by atoms with Gasteiger partial charge in [0.05, 0.1) is 5.69 Å². The summed E-state index contributed by atoms with van der Waals surface area (Å²) in [6, 6.07) is 3.98. The van der Waals surface area contributed by atoms with Crippen molar-refractivity contribution in [2.45, 2.75) is 32.8 Å². The number of nitrogens with zero attached hydrogens (tertiary/aromatic N) is 1. The molecule has 1 amide bonds. The molecule has 0 spiro atoms. The van der Waals surface area contributed by atoms with Crippen LogP contribution in [0.15, 0.2) is 16.6 Å². The van der Waals surface area contributed by atoms with E-state index in [0.717, 1.165) is 27.9 Å². The fourth-order valence-corrected chi connectivity index (χ4v) is 2.56. The van der Waals surface area contributed by atoms with Gasteiger partial charge in [0.25, 0.3) is 5.91 Å². The highest BCUT2D eigenvalue weighted by molar-refractivity contribution is 9.10. The van der Waals surface area contributed by atoms with Crippen molar-refractivity contribution in [2.75, 3.05) is 11.9 Å². The van der Waals surface area contributed by atoms with Gasteiger partial charge in [-0.25, -0.2) is 0 Å². The van der Waals surface area contributed by atoms with Gasteiger partial charge < -0.3 is 9.64 Å². The third-order valence-electron chi connectivity index (χ3n) is 3.09. The van der Waals surface area contributed by atoms with E-state index < -0.39 is 0 Å². The Morgan fingerprint density at radius 2 is 2.12 bits per heavy atom. The summed E-state index contributed by atoms with van der Waals surface area (Å²) >= 11 is 3.47. The van der Waals surface area contributed by atoms with Gasteiger partial charge in [0.1, 0.15) is 5.75 Å². The normalized spacial score (nSPS) is 18.9. The van der Waals surface area contributed by atoms with Gasteiger partial charge in [0.2, 0.25) is 0 Å². The molecule has 92 valence electrons. The molecule has 4 heteroatoms. The lowest BCUT2D eigenvalue weighted by Gasteiger charge is -2.33. The second kappa shape index (κ2) is 4.69. The van der Waals surface area contributed by atoms with E-state index >= 15 is 0 Å². The number of benzene rings is 1. The highest BCUT2D eigenvalue weighted by Crippen LogP contribution is 2.39. The van der Waals surface area contributed by atoms with E-state index in [1.807, 2.05) is 13.0 Å². The van der Waals surface area contributed by atoms with Crippen LogP contribution in [0.4, 0.5) is 5.69 Å². The van der Waals surface area contributed by atoms with Gasteiger partial charge >= 0.3 is 0 Å². The molecule has 0 aliphatic carbocycles. The molecule has 0 saturated carbocycles. The number of likely N-dealkylation sites (N-methyl/N-ethyl adjacent to an activating group) is 1. The molecule has 17 heavy (non-hydrogen) atoms. The number of ether oxygens (including phenoxy) is 1. The van der Waals surface area contributed by atoms with Gasteiger partial charge in [-0.2, -0.15) is 0 Å². The first kappa shape index (κ1) is 12.4. The predicted octanol–water partition coefficient (Wildman–Crippen LogP) is 3.15. The number of hydrogen-bond acceptors (Lipinski definition) is 2. The summed E-state index contributed by atoms with van der Waals surface area (Å²) in [6.07, 6.45) is 1.24. The molecular weight excluding hydrogens is 282 g/mol. The molecule has 0 bridgehead atoms. The van der Waals surface area contributed by atoms with Gasteiger partial charge in [-0.3, -0.25) is 4.79 Å². The van der Waals surface area contributed by atoms with Crippen LogP contribution in [0.1, 0.15) is 25.8 Å². The Balaban J connectivity index is 2.55. The van der Waals surface area contributed by atoms with Crippen LogP contribution in [0.25, 0.3) is 0 Å². The molecule has 3 nitrogen and oxygen atoms in total. The number of hydrogen-bond donors (Lipinski definition) is 0. The molecule has 1 aromatic carbocycles. The number of halogens is 1. The van der Waals surface area contributed by atoms with Crippen molar-refractivity contribution < 1.29 is 9.53 Å². The molecule has 2 rings (SSSR count). The largest absolute Gasteiger partial charge is 0.478 e. The topological polar surface area (TPSA) is 29.5 Å². The molecule has 0 N–H and O–H groups in total. The SMILES string of the molecule is CCc1cc(Br)cc2c1OC(CC)C(=O)N2C. The highest BCUT2D eigenvalue weighted by atomic mass is 79.9. The van der Waals surface area contributed by atoms with Crippen LogP contribution < -0.4 is 9.64 Å². The lowest BCUT2D eigenvalue weighted by molar-refractivity contribution is -0.126. The summed E-state index contributed by atoms with van der Waals surface area (Å²) in [7, 11) is 1.80. The van der Waals surface area contributed by atoms with Crippen molar-refractivity contribution in [3.8, 4) is 5.75 Å². The molecule has 1 unspecified atom stereocenters.